The summed E-state index contributed by atoms with van der Waals surface area (Å²) in [4.78, 5) is 15.6. The number of nitrogen functional groups attached to an aromatic ring is 1. The molecule has 1 aromatic heterocycles. The number of ether oxygens (including phenoxy) is 1. The third kappa shape index (κ3) is 4.62. The summed E-state index contributed by atoms with van der Waals surface area (Å²) < 4.78 is 5.17. The first-order valence-corrected chi connectivity index (χ1v) is 6.52. The summed E-state index contributed by atoms with van der Waals surface area (Å²) in [5.74, 6) is -0.284. The van der Waals surface area contributed by atoms with E-state index < -0.39 is 0 Å². The fraction of sp³-hybridized carbons (Fsp3) is 0.188. The summed E-state index contributed by atoms with van der Waals surface area (Å²) in [5.41, 5.74) is 8.42. The van der Waals surface area contributed by atoms with Crippen LogP contribution in [0.25, 0.3) is 0 Å². The highest BCUT2D eigenvalue weighted by Crippen LogP contribution is 2.10. The zero-order valence-electron chi connectivity index (χ0n) is 11.5. The molecule has 2 rings (SSSR count). The second-order valence-corrected chi connectivity index (χ2v) is 4.57. The van der Waals surface area contributed by atoms with E-state index in [0.29, 0.717) is 24.2 Å². The van der Waals surface area contributed by atoms with Crippen LogP contribution >= 0.6 is 0 Å². The second-order valence-electron chi connectivity index (χ2n) is 4.57. The molecule has 5 nitrogen and oxygen atoms in total. The van der Waals surface area contributed by atoms with E-state index in [2.05, 4.69) is 4.98 Å². The lowest BCUT2D eigenvalue weighted by Crippen LogP contribution is -2.06. The molecule has 0 fully saturated rings. The van der Waals surface area contributed by atoms with Gasteiger partial charge >= 0.3 is 5.97 Å². The number of nitrogens with zero attached hydrogens (tertiary/aromatic N) is 2. The average Bonchev–Trinajstić information content (AvgIpc) is 2.51. The number of rotatable bonds is 5. The molecule has 0 aliphatic rings. The van der Waals surface area contributed by atoms with Crippen molar-refractivity contribution < 1.29 is 9.53 Å². The summed E-state index contributed by atoms with van der Waals surface area (Å²) in [6.45, 7) is 0.146. The van der Waals surface area contributed by atoms with Crippen molar-refractivity contribution in [1.29, 1.82) is 5.26 Å². The van der Waals surface area contributed by atoms with Crippen molar-refractivity contribution in [1.82, 2.24) is 4.98 Å². The average molecular weight is 281 g/mol. The highest BCUT2D eigenvalue weighted by Gasteiger charge is 2.05. The van der Waals surface area contributed by atoms with E-state index in [1.54, 1.807) is 18.2 Å². The number of benzene rings is 1. The number of hydrogen-bond acceptors (Lipinski definition) is 5. The van der Waals surface area contributed by atoms with Crippen LogP contribution in [0.3, 0.4) is 0 Å². The van der Waals surface area contributed by atoms with Crippen molar-refractivity contribution in [3.63, 3.8) is 0 Å². The number of anilines is 1. The van der Waals surface area contributed by atoms with Crippen LogP contribution < -0.4 is 5.73 Å². The Morgan fingerprint density at radius 3 is 2.90 bits per heavy atom. The molecule has 0 amide bonds. The molecule has 0 bridgehead atoms. The fourth-order valence-electron chi connectivity index (χ4n) is 1.86. The van der Waals surface area contributed by atoms with Crippen molar-refractivity contribution in [3.8, 4) is 6.07 Å². The smallest absolute Gasteiger partial charge is 0.306 e. The molecule has 1 heterocycles. The highest BCUT2D eigenvalue weighted by atomic mass is 16.5. The predicted octanol–water partition coefficient (Wildman–Crippen LogP) is 2.21. The fourth-order valence-corrected chi connectivity index (χ4v) is 1.86. The lowest BCUT2D eigenvalue weighted by Gasteiger charge is -2.05. The molecule has 0 aliphatic carbocycles. The summed E-state index contributed by atoms with van der Waals surface area (Å²) >= 11 is 0. The van der Waals surface area contributed by atoms with E-state index in [9.17, 15) is 4.79 Å². The number of hydrogen-bond donors (Lipinski definition) is 1. The van der Waals surface area contributed by atoms with Crippen LogP contribution in [0.4, 0.5) is 5.69 Å². The van der Waals surface area contributed by atoms with E-state index in [1.807, 2.05) is 24.3 Å². The first kappa shape index (κ1) is 14.5. The number of carbonyl (C=O) groups excluding carboxylic acids is 1. The molecule has 2 N–H and O–H groups in total. The first-order valence-electron chi connectivity index (χ1n) is 6.52. The van der Waals surface area contributed by atoms with E-state index in [1.165, 1.54) is 6.20 Å². The third-order valence-electron chi connectivity index (χ3n) is 2.91. The van der Waals surface area contributed by atoms with Gasteiger partial charge < -0.3 is 10.5 Å². The lowest BCUT2D eigenvalue weighted by molar-refractivity contribution is -0.144. The number of carbonyl (C=O) groups is 1. The first-order chi connectivity index (χ1) is 10.2. The van der Waals surface area contributed by atoms with Gasteiger partial charge in [0.25, 0.3) is 0 Å². The molecule has 0 unspecified atom stereocenters. The molecule has 1 aromatic carbocycles. The number of esters is 1. The van der Waals surface area contributed by atoms with Gasteiger partial charge in [-0.25, -0.2) is 4.98 Å². The van der Waals surface area contributed by atoms with Crippen LogP contribution in [0.2, 0.25) is 0 Å². The standard InChI is InChI=1S/C16H15N3O2/c17-10-15-9-13(6-7-19-15)11-21-16(20)5-4-12-2-1-3-14(18)8-12/h1-3,6-9H,4-5,11,18H2. The highest BCUT2D eigenvalue weighted by molar-refractivity contribution is 5.69. The molecular formula is C16H15N3O2. The Bertz CT molecular complexity index is 677. The molecule has 106 valence electrons. The molecule has 2 aromatic rings. The summed E-state index contributed by atoms with van der Waals surface area (Å²) in [6.07, 6.45) is 2.40. The molecular weight excluding hydrogens is 266 g/mol. The molecule has 0 saturated carbocycles. The predicted molar refractivity (Wildman–Crippen MR) is 77.9 cm³/mol. The van der Waals surface area contributed by atoms with Crippen LogP contribution in [0.5, 0.6) is 0 Å². The maximum absolute atomic E-state index is 11.7. The SMILES string of the molecule is N#Cc1cc(COC(=O)CCc2cccc(N)c2)ccn1. The Kier molecular flexibility index (Phi) is 4.89. The van der Waals surface area contributed by atoms with Crippen molar-refractivity contribution in [2.75, 3.05) is 5.73 Å². The largest absolute Gasteiger partial charge is 0.461 e. The second kappa shape index (κ2) is 7.06. The van der Waals surface area contributed by atoms with Crippen LogP contribution in [-0.2, 0) is 22.6 Å². The van der Waals surface area contributed by atoms with Gasteiger partial charge in [0.2, 0.25) is 0 Å². The van der Waals surface area contributed by atoms with E-state index in [4.69, 9.17) is 15.7 Å². The molecule has 0 radical (unpaired) electrons. The van der Waals surface area contributed by atoms with Crippen molar-refractivity contribution in [2.45, 2.75) is 19.4 Å². The van der Waals surface area contributed by atoms with Crippen molar-refractivity contribution >= 4 is 11.7 Å². The Balaban J connectivity index is 1.81. The summed E-state index contributed by atoms with van der Waals surface area (Å²) in [6, 6.07) is 12.7. The molecule has 21 heavy (non-hydrogen) atoms. The van der Waals surface area contributed by atoms with E-state index in [0.717, 1.165) is 11.1 Å². The number of aromatic nitrogens is 1. The number of nitriles is 1. The van der Waals surface area contributed by atoms with E-state index in [-0.39, 0.29) is 12.6 Å². The number of aryl methyl sites for hydroxylation is 1. The van der Waals surface area contributed by atoms with Crippen molar-refractivity contribution in [3.05, 3.63) is 59.4 Å². The van der Waals surface area contributed by atoms with Crippen LogP contribution in [-0.4, -0.2) is 11.0 Å². The Hall–Kier alpha value is -2.87. The molecule has 0 aliphatic heterocycles. The normalized spacial score (nSPS) is 9.86. The van der Waals surface area contributed by atoms with Gasteiger partial charge in [-0.2, -0.15) is 5.26 Å². The van der Waals surface area contributed by atoms with Crippen LogP contribution in [0.1, 0.15) is 23.2 Å². The Labute approximate surface area is 123 Å². The third-order valence-corrected chi connectivity index (χ3v) is 2.91. The zero-order valence-corrected chi connectivity index (χ0v) is 11.5. The topological polar surface area (TPSA) is 89.0 Å². The van der Waals surface area contributed by atoms with Crippen LogP contribution in [0.15, 0.2) is 42.6 Å². The van der Waals surface area contributed by atoms with Crippen LogP contribution in [0, 0.1) is 11.3 Å². The summed E-state index contributed by atoms with van der Waals surface area (Å²) in [5, 5.41) is 8.74. The van der Waals surface area contributed by atoms with Gasteiger partial charge in [-0.3, -0.25) is 4.79 Å². The molecule has 5 heteroatoms. The monoisotopic (exact) mass is 281 g/mol. The van der Waals surface area contributed by atoms with Crippen molar-refractivity contribution in [2.24, 2.45) is 0 Å². The maximum atomic E-state index is 11.7. The minimum atomic E-state index is -0.284. The Morgan fingerprint density at radius 2 is 2.14 bits per heavy atom. The lowest BCUT2D eigenvalue weighted by atomic mass is 10.1. The van der Waals surface area contributed by atoms with Gasteiger partial charge in [-0.15, -0.1) is 0 Å². The van der Waals surface area contributed by atoms with Gasteiger partial charge in [-0.05, 0) is 41.8 Å². The van der Waals surface area contributed by atoms with E-state index >= 15 is 0 Å². The molecule has 0 atom stereocenters. The number of pyridine rings is 1. The molecule has 0 saturated heterocycles. The van der Waals surface area contributed by atoms with Gasteiger partial charge in [0.1, 0.15) is 18.4 Å². The minimum Gasteiger partial charge on any atom is -0.461 e. The minimum absolute atomic E-state index is 0.146. The molecule has 0 spiro atoms. The van der Waals surface area contributed by atoms with Gasteiger partial charge in [0.15, 0.2) is 0 Å². The Morgan fingerprint density at radius 1 is 1.29 bits per heavy atom. The summed E-state index contributed by atoms with van der Waals surface area (Å²) in [7, 11) is 0. The van der Waals surface area contributed by atoms with Gasteiger partial charge in [0, 0.05) is 18.3 Å². The zero-order chi connectivity index (χ0) is 15.1. The number of nitrogens with two attached hydrogens (primary N) is 1. The van der Waals surface area contributed by atoms with Gasteiger partial charge in [-0.1, -0.05) is 12.1 Å². The maximum Gasteiger partial charge on any atom is 0.306 e. The van der Waals surface area contributed by atoms with Gasteiger partial charge in [0.05, 0.1) is 0 Å². The quantitative estimate of drug-likeness (QED) is 0.670.